The van der Waals surface area contributed by atoms with Crippen molar-refractivity contribution in [2.45, 2.75) is 62.8 Å². The zero-order valence-corrected chi connectivity index (χ0v) is 25.2. The molecule has 2 N–H and O–H groups in total. The summed E-state index contributed by atoms with van der Waals surface area (Å²) in [6, 6.07) is 11.4. The molecule has 1 aliphatic heterocycles. The first kappa shape index (κ1) is 35.4. The molecule has 250 valence electrons. The number of aromatic nitrogens is 1. The number of nitrogens with zero attached hydrogens (tertiary/aromatic N) is 1. The smallest absolute Gasteiger partial charge is 0.374 e. The number of carbonyl (C=O) groups is 2. The van der Waals surface area contributed by atoms with Gasteiger partial charge in [0, 0.05) is 31.5 Å². The molecule has 1 aromatic heterocycles. The standard InChI is InChI=1S/C34H33F6N3O4/c35-25-7-4-23(5-8-25)30(24-16-26(36)18-41-17-24)12-10-28(44)9-6-22-2-1-3-32(37)31(22)13-11-29-19-42-27(20-47-29)14-15-46-33(45)43-21-34(38,39)40/h1-5,7-8,16-18,27,29-30,42H,6,9-13,19-21H2,(H,43,45). The highest BCUT2D eigenvalue weighted by Crippen LogP contribution is 2.30. The Hall–Kier alpha value is -4.41. The average Bonchev–Trinajstić information content (AvgIpc) is 3.03. The number of benzene rings is 2. The number of Topliss-reactive ketones (excluding diaryl/α,β-unsaturated/α-hetero) is 1. The second-order valence-corrected chi connectivity index (χ2v) is 11.1. The summed E-state index contributed by atoms with van der Waals surface area (Å²) in [7, 11) is 0. The molecule has 3 unspecified atom stereocenters. The van der Waals surface area contributed by atoms with Crippen LogP contribution in [0.3, 0.4) is 0 Å². The van der Waals surface area contributed by atoms with Gasteiger partial charge in [0.05, 0.1) is 24.9 Å². The van der Waals surface area contributed by atoms with Crippen LogP contribution < -0.4 is 10.6 Å². The molecule has 4 rings (SSSR count). The van der Waals surface area contributed by atoms with Crippen LogP contribution in [-0.4, -0.2) is 54.9 Å². The number of nitrogens with one attached hydrogen (secondary N) is 2. The number of aryl methyl sites for hydroxylation is 1. The van der Waals surface area contributed by atoms with Crippen LogP contribution in [0.25, 0.3) is 0 Å². The first-order valence-electron chi connectivity index (χ1n) is 15.0. The van der Waals surface area contributed by atoms with Crippen LogP contribution in [0, 0.1) is 29.5 Å². The Kier molecular flexibility index (Phi) is 12.8. The van der Waals surface area contributed by atoms with Crippen molar-refractivity contribution in [2.75, 3.05) is 19.7 Å². The minimum Gasteiger partial charge on any atom is -0.374 e. The molecule has 1 saturated heterocycles. The van der Waals surface area contributed by atoms with Crippen molar-refractivity contribution < 1.29 is 45.4 Å². The van der Waals surface area contributed by atoms with E-state index in [1.807, 2.05) is 0 Å². The summed E-state index contributed by atoms with van der Waals surface area (Å²) < 4.78 is 88.9. The van der Waals surface area contributed by atoms with Gasteiger partial charge in [-0.25, -0.2) is 18.0 Å². The van der Waals surface area contributed by atoms with E-state index < -0.39 is 42.3 Å². The van der Waals surface area contributed by atoms with Crippen LogP contribution >= 0.6 is 0 Å². The predicted octanol–water partition coefficient (Wildman–Crippen LogP) is 6.15. The van der Waals surface area contributed by atoms with Gasteiger partial charge in [0.1, 0.15) is 35.9 Å². The summed E-state index contributed by atoms with van der Waals surface area (Å²) in [6.07, 6.45) is 0.363. The quantitative estimate of drug-likeness (QED) is 0.179. The fraction of sp³-hybridized carbons (Fsp3) is 0.382. The highest BCUT2D eigenvalue weighted by Gasteiger charge is 2.28. The number of alkyl carbamates (subject to hydrolysis) is 1. The lowest BCUT2D eigenvalue weighted by atomic mass is 9.87. The topological polar surface area (TPSA) is 89.5 Å². The molecule has 2 heterocycles. The van der Waals surface area contributed by atoms with Crippen molar-refractivity contribution in [1.82, 2.24) is 15.6 Å². The number of hydrogen-bond acceptors (Lipinski definition) is 6. The Labute approximate surface area is 268 Å². The van der Waals surface area contributed by atoms with Crippen molar-refractivity contribution in [3.05, 3.63) is 101 Å². The van der Waals surface area contributed by atoms with Crippen LogP contribution in [0.15, 0.2) is 60.9 Å². The largest absolute Gasteiger partial charge is 0.421 e. The lowest BCUT2D eigenvalue weighted by Gasteiger charge is -2.27. The molecule has 2 aromatic carbocycles. The normalized spacial score (nSPS) is 16.9. The second kappa shape index (κ2) is 16.9. The highest BCUT2D eigenvalue weighted by molar-refractivity contribution is 5.78. The number of rotatable bonds is 12. The Morgan fingerprint density at radius 1 is 1.02 bits per heavy atom. The zero-order chi connectivity index (χ0) is 33.8. The van der Waals surface area contributed by atoms with Crippen molar-refractivity contribution in [3.63, 3.8) is 0 Å². The van der Waals surface area contributed by atoms with Crippen molar-refractivity contribution in [2.24, 2.45) is 0 Å². The lowest BCUT2D eigenvalue weighted by Crippen LogP contribution is -2.45. The number of pyridine rings is 1. The molecule has 13 heteroatoms. The van der Waals surface area contributed by atoms with Gasteiger partial charge in [-0.3, -0.25) is 15.1 Å². The fourth-order valence-electron chi connectivity index (χ4n) is 5.22. The van der Waals surface area contributed by atoms with Crippen LogP contribution in [0.5, 0.6) is 0 Å². The van der Waals surface area contributed by atoms with Crippen molar-refractivity contribution >= 4 is 11.9 Å². The minimum atomic E-state index is -4.57. The van der Waals surface area contributed by atoms with E-state index in [-0.39, 0.29) is 37.3 Å². The van der Waals surface area contributed by atoms with Crippen LogP contribution in [0.1, 0.15) is 53.9 Å². The van der Waals surface area contributed by atoms with Gasteiger partial charge >= 0.3 is 12.3 Å². The maximum atomic E-state index is 14.9. The molecule has 0 spiro atoms. The number of amides is 1. The van der Waals surface area contributed by atoms with E-state index in [2.05, 4.69) is 27.1 Å². The molecule has 0 radical (unpaired) electrons. The number of morpholine rings is 1. The number of carbonyl (C=O) groups excluding carboxylic acids is 2. The summed E-state index contributed by atoms with van der Waals surface area (Å²) >= 11 is 0. The minimum absolute atomic E-state index is 0.0505. The van der Waals surface area contributed by atoms with Gasteiger partial charge in [0.2, 0.25) is 0 Å². The van der Waals surface area contributed by atoms with Gasteiger partial charge in [-0.15, -0.1) is 0 Å². The summed E-state index contributed by atoms with van der Waals surface area (Å²) in [5, 5.41) is 4.62. The molecule has 0 bridgehead atoms. The third kappa shape index (κ3) is 11.7. The van der Waals surface area contributed by atoms with E-state index in [0.29, 0.717) is 48.9 Å². The number of ether oxygens (including phenoxy) is 2. The molecule has 7 nitrogen and oxygen atoms in total. The molecule has 3 aromatic rings. The molecule has 47 heavy (non-hydrogen) atoms. The zero-order valence-electron chi connectivity index (χ0n) is 25.2. The molecule has 1 fully saturated rings. The Balaban J connectivity index is 1.25. The second-order valence-electron chi connectivity index (χ2n) is 11.1. The fourth-order valence-corrected chi connectivity index (χ4v) is 5.22. The predicted molar refractivity (Wildman–Crippen MR) is 160 cm³/mol. The summed E-state index contributed by atoms with van der Waals surface area (Å²) in [6.45, 7) is -1.05. The summed E-state index contributed by atoms with van der Waals surface area (Å²) in [5.41, 5.74) is 2.50. The van der Waals surface area contributed by atoms with Gasteiger partial charge in [0.25, 0.3) is 0 Å². The first-order valence-corrected chi connectivity index (χ1v) is 15.0. The molecular weight excluding hydrogens is 628 g/mol. The Morgan fingerprint density at radius 2 is 1.81 bits per heavy atom. The van der Waals surface area contributed by atoms with Crippen LogP contribution in [0.4, 0.5) is 31.1 Å². The maximum absolute atomic E-state index is 14.9. The number of ketones is 1. The number of hydrogen-bond donors (Lipinski definition) is 2. The van der Waals surface area contributed by atoms with E-state index in [4.69, 9.17) is 4.74 Å². The maximum Gasteiger partial charge on any atom is 0.421 e. The molecule has 0 saturated carbocycles. The van der Waals surface area contributed by atoms with Gasteiger partial charge in [-0.1, -0.05) is 24.3 Å². The number of alkyl halides is 3. The molecule has 0 aliphatic carbocycles. The third-order valence-corrected chi connectivity index (χ3v) is 7.62. The van der Waals surface area contributed by atoms with E-state index in [0.717, 1.165) is 11.8 Å². The van der Waals surface area contributed by atoms with Crippen molar-refractivity contribution in [1.29, 1.82) is 0 Å². The molecule has 1 amide bonds. The van der Waals surface area contributed by atoms with E-state index in [9.17, 15) is 35.9 Å². The molecular formula is C34H33F6N3O4. The average molecular weight is 662 g/mol. The summed E-state index contributed by atoms with van der Waals surface area (Å²) in [5.74, 6) is 0.833. The van der Waals surface area contributed by atoms with E-state index in [1.165, 1.54) is 35.8 Å². The summed E-state index contributed by atoms with van der Waals surface area (Å²) in [4.78, 5) is 28.1. The number of halogens is 6. The monoisotopic (exact) mass is 661 g/mol. The Bertz CT molecular complexity index is 1560. The van der Waals surface area contributed by atoms with Crippen LogP contribution in [-0.2, 0) is 27.1 Å². The third-order valence-electron chi connectivity index (χ3n) is 7.62. The van der Waals surface area contributed by atoms with Crippen LogP contribution in [0.2, 0.25) is 0 Å². The van der Waals surface area contributed by atoms with E-state index in [1.54, 1.807) is 24.3 Å². The molecule has 3 atom stereocenters. The van der Waals surface area contributed by atoms with Crippen molar-refractivity contribution in [3.8, 4) is 12.0 Å². The van der Waals surface area contributed by atoms with E-state index >= 15 is 0 Å². The first-order chi connectivity index (χ1) is 22.5. The SMILES string of the molecule is O=C(CCc1cccc(F)c1CCC1CNC(C#COC(=O)NCC(F)(F)F)CO1)CCC(c1ccc(F)cc1)c1cncc(F)c1. The lowest BCUT2D eigenvalue weighted by molar-refractivity contribution is -0.123. The molecule has 1 aliphatic rings. The van der Waals surface area contributed by atoms with Gasteiger partial charge in [-0.2, -0.15) is 13.2 Å². The highest BCUT2D eigenvalue weighted by atomic mass is 19.4. The Morgan fingerprint density at radius 3 is 2.51 bits per heavy atom. The van der Waals surface area contributed by atoms with Gasteiger partial charge in [0.15, 0.2) is 0 Å². The van der Waals surface area contributed by atoms with Gasteiger partial charge in [-0.05, 0) is 78.1 Å². The van der Waals surface area contributed by atoms with Gasteiger partial charge < -0.3 is 14.8 Å².